The Bertz CT molecular complexity index is 1250. The Morgan fingerprint density at radius 3 is 2.71 bits per heavy atom. The molecule has 178 valence electrons. The van der Waals surface area contributed by atoms with Gasteiger partial charge >= 0.3 is 0 Å². The Labute approximate surface area is 201 Å². The fraction of sp³-hybridized carbons (Fsp3) is 0.345. The van der Waals surface area contributed by atoms with Crippen LogP contribution in [0.2, 0.25) is 0 Å². The summed E-state index contributed by atoms with van der Waals surface area (Å²) in [6.45, 7) is 4.57. The minimum Gasteiger partial charge on any atom is -0.496 e. The van der Waals surface area contributed by atoms with E-state index in [4.69, 9.17) is 13.9 Å². The quantitative estimate of drug-likeness (QED) is 0.296. The number of rotatable bonds is 8. The molecule has 0 bridgehead atoms. The number of benzene rings is 2. The van der Waals surface area contributed by atoms with Gasteiger partial charge in [0.25, 0.3) is 0 Å². The van der Waals surface area contributed by atoms with Gasteiger partial charge in [0.15, 0.2) is 0 Å². The van der Waals surface area contributed by atoms with Gasteiger partial charge in [-0.3, -0.25) is 4.79 Å². The number of para-hydroxylation sites is 1. The number of methoxy groups -OCH3 is 2. The molecule has 0 saturated carbocycles. The predicted octanol–water partition coefficient (Wildman–Crippen LogP) is 6.84. The molecule has 3 aromatic rings. The summed E-state index contributed by atoms with van der Waals surface area (Å²) in [5.41, 5.74) is 6.72. The number of carbonyl (C=O) groups is 1. The highest BCUT2D eigenvalue weighted by Gasteiger charge is 2.20. The summed E-state index contributed by atoms with van der Waals surface area (Å²) in [6, 6.07) is 9.91. The maximum absolute atomic E-state index is 12.7. The van der Waals surface area contributed by atoms with E-state index >= 15 is 0 Å². The van der Waals surface area contributed by atoms with E-state index in [1.165, 1.54) is 18.4 Å². The lowest BCUT2D eigenvalue weighted by Gasteiger charge is -2.14. The molecule has 1 aromatic heterocycles. The Morgan fingerprint density at radius 1 is 1.15 bits per heavy atom. The molecule has 0 saturated heterocycles. The summed E-state index contributed by atoms with van der Waals surface area (Å²) in [5.74, 6) is 1.40. The van der Waals surface area contributed by atoms with E-state index in [2.05, 4.69) is 11.4 Å². The van der Waals surface area contributed by atoms with Crippen molar-refractivity contribution in [3.05, 3.63) is 65.4 Å². The van der Waals surface area contributed by atoms with Gasteiger partial charge in [-0.1, -0.05) is 29.8 Å². The molecule has 0 fully saturated rings. The molecule has 1 aliphatic rings. The second-order valence-electron chi connectivity index (χ2n) is 8.79. The SMILES string of the molecule is COc1ccccc1-c1coc2c(C)c(OC)c(/C(C)=C/C(=O)NCCC3=CCCCC3)cc12. The largest absolute Gasteiger partial charge is 0.496 e. The third-order valence-electron chi connectivity index (χ3n) is 6.55. The maximum Gasteiger partial charge on any atom is 0.244 e. The smallest absolute Gasteiger partial charge is 0.244 e. The predicted molar refractivity (Wildman–Crippen MR) is 137 cm³/mol. The number of allylic oxidation sites excluding steroid dienone is 2. The summed E-state index contributed by atoms with van der Waals surface area (Å²) in [5, 5.41) is 3.99. The third-order valence-corrected chi connectivity index (χ3v) is 6.55. The first kappa shape index (κ1) is 23.7. The monoisotopic (exact) mass is 459 g/mol. The van der Waals surface area contributed by atoms with E-state index < -0.39 is 0 Å². The molecule has 2 aromatic carbocycles. The molecule has 1 N–H and O–H groups in total. The van der Waals surface area contributed by atoms with Crippen LogP contribution < -0.4 is 14.8 Å². The molecule has 1 amide bonds. The zero-order valence-corrected chi connectivity index (χ0v) is 20.5. The molecule has 0 atom stereocenters. The summed E-state index contributed by atoms with van der Waals surface area (Å²) < 4.78 is 17.3. The Hall–Kier alpha value is -3.47. The minimum absolute atomic E-state index is 0.0918. The normalized spacial score (nSPS) is 14.1. The molecular weight excluding hydrogens is 426 g/mol. The second-order valence-corrected chi connectivity index (χ2v) is 8.79. The number of carbonyl (C=O) groups excluding carboxylic acids is 1. The highest BCUT2D eigenvalue weighted by molar-refractivity contribution is 6.02. The van der Waals surface area contributed by atoms with Crippen molar-refractivity contribution in [2.24, 2.45) is 0 Å². The Balaban J connectivity index is 1.64. The summed E-state index contributed by atoms with van der Waals surface area (Å²) in [7, 11) is 3.31. The van der Waals surface area contributed by atoms with Crippen molar-refractivity contribution >= 4 is 22.4 Å². The summed E-state index contributed by atoms with van der Waals surface area (Å²) in [4.78, 5) is 12.7. The molecule has 5 heteroatoms. The van der Waals surface area contributed by atoms with Gasteiger partial charge in [0, 0.05) is 40.3 Å². The van der Waals surface area contributed by atoms with Gasteiger partial charge in [0.05, 0.1) is 20.5 Å². The van der Waals surface area contributed by atoms with Crippen LogP contribution in [0, 0.1) is 6.92 Å². The summed E-state index contributed by atoms with van der Waals surface area (Å²) in [6.07, 6.45) is 11.5. The van der Waals surface area contributed by atoms with Crippen molar-refractivity contribution in [3.63, 3.8) is 0 Å². The molecule has 5 nitrogen and oxygen atoms in total. The maximum atomic E-state index is 12.7. The average molecular weight is 460 g/mol. The van der Waals surface area contributed by atoms with Crippen LogP contribution in [0.25, 0.3) is 27.7 Å². The van der Waals surface area contributed by atoms with Crippen LogP contribution in [0.1, 0.15) is 50.2 Å². The van der Waals surface area contributed by atoms with Crippen LogP contribution in [0.15, 0.2) is 58.7 Å². The van der Waals surface area contributed by atoms with Crippen molar-refractivity contribution in [1.82, 2.24) is 5.32 Å². The number of amides is 1. The number of hydrogen-bond donors (Lipinski definition) is 1. The van der Waals surface area contributed by atoms with Gasteiger partial charge in [0.1, 0.15) is 17.1 Å². The molecule has 34 heavy (non-hydrogen) atoms. The molecule has 0 unspecified atom stereocenters. The third kappa shape index (κ3) is 4.89. The highest BCUT2D eigenvalue weighted by atomic mass is 16.5. The van der Waals surface area contributed by atoms with Gasteiger partial charge in [0.2, 0.25) is 5.91 Å². The standard InChI is InChI=1S/C29H33NO4/c1-19(16-27(31)30-15-14-21-10-6-5-7-11-21)23-17-24-25(22-12-8-9-13-26(22)32-3)18-34-29(24)20(2)28(23)33-4/h8-10,12-13,16-18H,5-7,11,14-15H2,1-4H3,(H,30,31)/b19-16+. The van der Waals surface area contributed by atoms with Crippen molar-refractivity contribution in [3.8, 4) is 22.6 Å². The average Bonchev–Trinajstić information content (AvgIpc) is 3.28. The van der Waals surface area contributed by atoms with Crippen LogP contribution in [0.3, 0.4) is 0 Å². The van der Waals surface area contributed by atoms with Crippen LogP contribution in [-0.4, -0.2) is 26.7 Å². The van der Waals surface area contributed by atoms with E-state index in [0.29, 0.717) is 12.3 Å². The fourth-order valence-electron chi connectivity index (χ4n) is 4.75. The van der Waals surface area contributed by atoms with Gasteiger partial charge in [-0.15, -0.1) is 0 Å². The van der Waals surface area contributed by atoms with Gasteiger partial charge in [-0.2, -0.15) is 0 Å². The van der Waals surface area contributed by atoms with E-state index in [1.807, 2.05) is 44.2 Å². The topological polar surface area (TPSA) is 60.7 Å². The summed E-state index contributed by atoms with van der Waals surface area (Å²) >= 11 is 0. The lowest BCUT2D eigenvalue weighted by molar-refractivity contribution is -0.116. The number of aryl methyl sites for hydroxylation is 1. The van der Waals surface area contributed by atoms with Crippen molar-refractivity contribution in [2.45, 2.75) is 46.0 Å². The van der Waals surface area contributed by atoms with Crippen LogP contribution in [0.5, 0.6) is 11.5 Å². The number of fused-ring (bicyclic) bond motifs is 1. The second kappa shape index (κ2) is 10.6. The first-order chi connectivity index (χ1) is 16.5. The molecule has 0 radical (unpaired) electrons. The van der Waals surface area contributed by atoms with Crippen molar-refractivity contribution < 1.29 is 18.7 Å². The zero-order chi connectivity index (χ0) is 24.1. The molecule has 4 rings (SSSR count). The number of hydrogen-bond acceptors (Lipinski definition) is 4. The first-order valence-corrected chi connectivity index (χ1v) is 11.9. The minimum atomic E-state index is -0.0918. The molecule has 0 aliphatic heterocycles. The molecular formula is C29H33NO4. The zero-order valence-electron chi connectivity index (χ0n) is 20.5. The number of ether oxygens (including phenoxy) is 2. The van der Waals surface area contributed by atoms with Crippen LogP contribution in [0.4, 0.5) is 0 Å². The van der Waals surface area contributed by atoms with E-state index in [9.17, 15) is 4.79 Å². The fourth-order valence-corrected chi connectivity index (χ4v) is 4.75. The molecule has 0 spiro atoms. The molecule has 1 aliphatic carbocycles. The van der Waals surface area contributed by atoms with Gasteiger partial charge in [-0.05, 0) is 63.7 Å². The van der Waals surface area contributed by atoms with Crippen molar-refractivity contribution in [1.29, 1.82) is 0 Å². The van der Waals surface area contributed by atoms with Crippen LogP contribution in [-0.2, 0) is 4.79 Å². The van der Waals surface area contributed by atoms with E-state index in [1.54, 1.807) is 26.6 Å². The van der Waals surface area contributed by atoms with Gasteiger partial charge in [-0.25, -0.2) is 0 Å². The van der Waals surface area contributed by atoms with Gasteiger partial charge < -0.3 is 19.2 Å². The van der Waals surface area contributed by atoms with E-state index in [-0.39, 0.29) is 5.91 Å². The Morgan fingerprint density at radius 2 is 1.97 bits per heavy atom. The molecule has 1 heterocycles. The number of nitrogens with one attached hydrogen (secondary N) is 1. The Kier molecular flexibility index (Phi) is 7.41. The first-order valence-electron chi connectivity index (χ1n) is 11.9. The lowest BCUT2D eigenvalue weighted by atomic mass is 9.96. The van der Waals surface area contributed by atoms with Crippen molar-refractivity contribution in [2.75, 3.05) is 20.8 Å². The van der Waals surface area contributed by atoms with E-state index in [0.717, 1.165) is 63.8 Å². The number of furan rings is 1. The highest BCUT2D eigenvalue weighted by Crippen LogP contribution is 2.42. The van der Waals surface area contributed by atoms with Crippen LogP contribution >= 0.6 is 0 Å². The lowest BCUT2D eigenvalue weighted by Crippen LogP contribution is -2.23.